The van der Waals surface area contributed by atoms with Gasteiger partial charge in [0.25, 0.3) is 0 Å². The van der Waals surface area contributed by atoms with E-state index >= 15 is 0 Å². The van der Waals surface area contributed by atoms with E-state index in [1.54, 1.807) is 22.2 Å². The number of nitrogens with zero attached hydrogens (tertiary/aromatic N) is 4. The Labute approximate surface area is 113 Å². The van der Waals surface area contributed by atoms with Gasteiger partial charge < -0.3 is 0 Å². The minimum Gasteiger partial charge on any atom is -0.222 e. The van der Waals surface area contributed by atoms with Gasteiger partial charge in [0, 0.05) is 10.9 Å². The average Bonchev–Trinajstić information content (AvgIpc) is 3.05. The molecule has 0 bridgehead atoms. The molecule has 19 heavy (non-hydrogen) atoms. The Morgan fingerprint density at radius 3 is 2.84 bits per heavy atom. The average molecular weight is 266 g/mol. The smallest absolute Gasteiger partial charge is 0.168 e. The number of aryl methyl sites for hydroxylation is 1. The SMILES string of the molecule is Cc1nc2scc(-c3ccccc3)c2c2ncnn12. The number of hydrogen-bond acceptors (Lipinski definition) is 4. The Kier molecular flexibility index (Phi) is 2.16. The van der Waals surface area contributed by atoms with E-state index in [2.05, 4.69) is 32.6 Å². The van der Waals surface area contributed by atoms with E-state index in [1.807, 2.05) is 25.1 Å². The van der Waals surface area contributed by atoms with Crippen molar-refractivity contribution in [3.8, 4) is 11.1 Å². The van der Waals surface area contributed by atoms with Crippen LogP contribution in [0.5, 0.6) is 0 Å². The molecule has 0 aliphatic carbocycles. The maximum Gasteiger partial charge on any atom is 0.168 e. The largest absolute Gasteiger partial charge is 0.222 e. The highest BCUT2D eigenvalue weighted by Crippen LogP contribution is 2.35. The molecule has 0 radical (unpaired) electrons. The van der Waals surface area contributed by atoms with Crippen LogP contribution in [0.2, 0.25) is 0 Å². The second-order valence-corrected chi connectivity index (χ2v) is 5.21. The van der Waals surface area contributed by atoms with Gasteiger partial charge >= 0.3 is 0 Å². The zero-order chi connectivity index (χ0) is 12.8. The van der Waals surface area contributed by atoms with Gasteiger partial charge in [-0.15, -0.1) is 11.3 Å². The molecule has 4 aromatic rings. The fourth-order valence-electron chi connectivity index (χ4n) is 2.32. The van der Waals surface area contributed by atoms with Crippen molar-refractivity contribution in [3.63, 3.8) is 0 Å². The lowest BCUT2D eigenvalue weighted by Gasteiger charge is -2.02. The first-order valence-corrected chi connectivity index (χ1v) is 6.85. The standard InChI is InChI=1S/C14H10N4S/c1-9-17-14-12(13-15-8-16-18(9)13)11(7-19-14)10-5-3-2-4-6-10/h2-8H,1H3. The van der Waals surface area contributed by atoms with E-state index in [0.717, 1.165) is 21.7 Å². The second kappa shape index (κ2) is 3.86. The molecule has 0 saturated heterocycles. The van der Waals surface area contributed by atoms with Crippen LogP contribution in [0.25, 0.3) is 27.0 Å². The third-order valence-electron chi connectivity index (χ3n) is 3.20. The highest BCUT2D eigenvalue weighted by Gasteiger charge is 2.14. The molecule has 0 aliphatic rings. The van der Waals surface area contributed by atoms with Crippen LogP contribution in [-0.2, 0) is 0 Å². The van der Waals surface area contributed by atoms with E-state index in [1.165, 1.54) is 11.1 Å². The molecular formula is C14H10N4S. The van der Waals surface area contributed by atoms with Crippen LogP contribution in [0.15, 0.2) is 42.0 Å². The first-order chi connectivity index (χ1) is 9.34. The maximum atomic E-state index is 4.60. The van der Waals surface area contributed by atoms with Crippen molar-refractivity contribution in [2.45, 2.75) is 6.92 Å². The highest BCUT2D eigenvalue weighted by atomic mass is 32.1. The molecule has 0 amide bonds. The lowest BCUT2D eigenvalue weighted by atomic mass is 10.1. The van der Waals surface area contributed by atoms with Gasteiger partial charge in [-0.2, -0.15) is 9.61 Å². The van der Waals surface area contributed by atoms with E-state index in [-0.39, 0.29) is 0 Å². The summed E-state index contributed by atoms with van der Waals surface area (Å²) in [6, 6.07) is 10.3. The molecule has 4 rings (SSSR count). The minimum absolute atomic E-state index is 0.862. The molecule has 0 fully saturated rings. The molecule has 4 nitrogen and oxygen atoms in total. The van der Waals surface area contributed by atoms with Gasteiger partial charge in [-0.05, 0) is 12.5 Å². The molecule has 5 heteroatoms. The van der Waals surface area contributed by atoms with Crippen molar-refractivity contribution < 1.29 is 0 Å². The molecule has 0 aliphatic heterocycles. The lowest BCUT2D eigenvalue weighted by Crippen LogP contribution is -1.97. The molecule has 0 unspecified atom stereocenters. The van der Waals surface area contributed by atoms with E-state index in [9.17, 15) is 0 Å². The van der Waals surface area contributed by atoms with Gasteiger partial charge in [0.2, 0.25) is 0 Å². The predicted octanol–water partition coefficient (Wildman–Crippen LogP) is 3.31. The first kappa shape index (κ1) is 10.6. The number of aromatic nitrogens is 4. The molecule has 0 N–H and O–H groups in total. The molecular weight excluding hydrogens is 256 g/mol. The van der Waals surface area contributed by atoms with Crippen molar-refractivity contribution in [1.82, 2.24) is 19.6 Å². The van der Waals surface area contributed by atoms with Crippen LogP contribution in [0.4, 0.5) is 0 Å². The molecule has 0 spiro atoms. The summed E-state index contributed by atoms with van der Waals surface area (Å²) in [5, 5.41) is 7.45. The summed E-state index contributed by atoms with van der Waals surface area (Å²) < 4.78 is 1.79. The number of thiophene rings is 1. The van der Waals surface area contributed by atoms with Crippen molar-refractivity contribution in [3.05, 3.63) is 47.9 Å². The number of rotatable bonds is 1. The normalized spacial score (nSPS) is 11.4. The summed E-state index contributed by atoms with van der Waals surface area (Å²) in [5.74, 6) is 0.862. The lowest BCUT2D eigenvalue weighted by molar-refractivity contribution is 0.878. The summed E-state index contributed by atoms with van der Waals surface area (Å²) in [6.45, 7) is 1.95. The Bertz CT molecular complexity index is 876. The van der Waals surface area contributed by atoms with Gasteiger partial charge in [-0.25, -0.2) is 9.97 Å². The van der Waals surface area contributed by atoms with Crippen molar-refractivity contribution >= 4 is 27.2 Å². The zero-order valence-electron chi connectivity index (χ0n) is 10.2. The zero-order valence-corrected chi connectivity index (χ0v) is 11.1. The second-order valence-electron chi connectivity index (χ2n) is 4.35. The van der Waals surface area contributed by atoms with E-state index in [0.29, 0.717) is 0 Å². The van der Waals surface area contributed by atoms with Crippen molar-refractivity contribution in [2.75, 3.05) is 0 Å². The van der Waals surface area contributed by atoms with Crippen molar-refractivity contribution in [2.24, 2.45) is 0 Å². The van der Waals surface area contributed by atoms with Crippen LogP contribution in [0, 0.1) is 6.92 Å². The Hall–Kier alpha value is -2.27. The fourth-order valence-corrected chi connectivity index (χ4v) is 3.31. The van der Waals surface area contributed by atoms with Crippen LogP contribution in [0.1, 0.15) is 5.82 Å². The Balaban J connectivity index is 2.16. The Morgan fingerprint density at radius 1 is 1.16 bits per heavy atom. The van der Waals surface area contributed by atoms with Gasteiger partial charge in [-0.1, -0.05) is 30.3 Å². The highest BCUT2D eigenvalue weighted by molar-refractivity contribution is 7.17. The van der Waals surface area contributed by atoms with E-state index in [4.69, 9.17) is 0 Å². The third kappa shape index (κ3) is 1.48. The number of benzene rings is 1. The molecule has 3 aromatic heterocycles. The number of fused-ring (bicyclic) bond motifs is 3. The van der Waals surface area contributed by atoms with Crippen LogP contribution < -0.4 is 0 Å². The maximum absolute atomic E-state index is 4.60. The third-order valence-corrected chi connectivity index (χ3v) is 4.07. The quantitative estimate of drug-likeness (QED) is 0.531. The molecule has 3 heterocycles. The van der Waals surface area contributed by atoms with Crippen LogP contribution >= 0.6 is 11.3 Å². The summed E-state index contributed by atoms with van der Waals surface area (Å²) in [6.07, 6.45) is 1.58. The molecule has 92 valence electrons. The molecule has 0 saturated carbocycles. The fraction of sp³-hybridized carbons (Fsp3) is 0.0714. The summed E-state index contributed by atoms with van der Waals surface area (Å²) in [5.41, 5.74) is 3.23. The summed E-state index contributed by atoms with van der Waals surface area (Å²) in [7, 11) is 0. The predicted molar refractivity (Wildman–Crippen MR) is 76.3 cm³/mol. The van der Waals surface area contributed by atoms with Gasteiger partial charge in [0.05, 0.1) is 5.39 Å². The molecule has 1 aromatic carbocycles. The topological polar surface area (TPSA) is 43.1 Å². The summed E-state index contributed by atoms with van der Waals surface area (Å²) >= 11 is 1.65. The van der Waals surface area contributed by atoms with Gasteiger partial charge in [0.1, 0.15) is 17.0 Å². The minimum atomic E-state index is 0.862. The van der Waals surface area contributed by atoms with Crippen molar-refractivity contribution in [1.29, 1.82) is 0 Å². The van der Waals surface area contributed by atoms with Crippen LogP contribution in [0.3, 0.4) is 0 Å². The molecule has 0 atom stereocenters. The van der Waals surface area contributed by atoms with Gasteiger partial charge in [-0.3, -0.25) is 0 Å². The van der Waals surface area contributed by atoms with E-state index < -0.39 is 0 Å². The Morgan fingerprint density at radius 2 is 2.00 bits per heavy atom. The summed E-state index contributed by atoms with van der Waals surface area (Å²) in [4.78, 5) is 10.00. The van der Waals surface area contributed by atoms with Gasteiger partial charge in [0.15, 0.2) is 5.65 Å². The van der Waals surface area contributed by atoms with Crippen LogP contribution in [-0.4, -0.2) is 19.6 Å². The first-order valence-electron chi connectivity index (χ1n) is 5.97. The number of hydrogen-bond donors (Lipinski definition) is 0. The monoisotopic (exact) mass is 266 g/mol.